The molecule has 0 aliphatic heterocycles. The fourth-order valence-corrected chi connectivity index (χ4v) is 4.66. The third-order valence-corrected chi connectivity index (χ3v) is 7.23. The van der Waals surface area contributed by atoms with E-state index in [2.05, 4.69) is 50.5 Å². The highest BCUT2D eigenvalue weighted by Crippen LogP contribution is 2.45. The fourth-order valence-electron chi connectivity index (χ4n) is 4.66. The Labute approximate surface area is 215 Å². The molecule has 0 unspecified atom stereocenters. The Balaban J connectivity index is 1.57. The van der Waals surface area contributed by atoms with Crippen molar-refractivity contribution in [1.29, 1.82) is 0 Å². The molecular weight excluding hydrogens is 448 g/mol. The summed E-state index contributed by atoms with van der Waals surface area (Å²) in [5, 5.41) is 5.62. The van der Waals surface area contributed by atoms with Gasteiger partial charge in [-0.3, -0.25) is 14.4 Å². The first-order valence-corrected chi connectivity index (χ1v) is 13.1. The normalized spacial score (nSPS) is 15.8. The van der Waals surface area contributed by atoms with Gasteiger partial charge in [0.1, 0.15) is 0 Å². The number of amides is 2. The Kier molecular flexibility index (Phi) is 8.89. The van der Waals surface area contributed by atoms with Gasteiger partial charge in [-0.1, -0.05) is 71.4 Å². The van der Waals surface area contributed by atoms with Gasteiger partial charge in [-0.25, -0.2) is 0 Å². The van der Waals surface area contributed by atoms with Crippen molar-refractivity contribution in [2.75, 3.05) is 13.1 Å². The monoisotopic (exact) mass is 488 g/mol. The lowest BCUT2D eigenvalue weighted by atomic mass is 9.63. The van der Waals surface area contributed by atoms with Crippen LogP contribution in [0.25, 0.3) is 6.08 Å². The molecule has 2 amide bonds. The summed E-state index contributed by atoms with van der Waals surface area (Å²) in [6.45, 7) is 11.9. The van der Waals surface area contributed by atoms with Crippen molar-refractivity contribution in [3.05, 3.63) is 76.4 Å². The second kappa shape index (κ2) is 11.7. The molecule has 1 aliphatic rings. The van der Waals surface area contributed by atoms with Crippen LogP contribution >= 0.6 is 0 Å². The first kappa shape index (κ1) is 27.4. The highest BCUT2D eigenvalue weighted by atomic mass is 16.2. The Morgan fingerprint density at radius 2 is 1.44 bits per heavy atom. The number of fused-ring (bicyclic) bond motifs is 1. The second-order valence-electron chi connectivity index (χ2n) is 11.1. The van der Waals surface area contributed by atoms with Gasteiger partial charge in [0.25, 0.3) is 5.91 Å². The van der Waals surface area contributed by atoms with E-state index < -0.39 is 0 Å². The second-order valence-corrected chi connectivity index (χ2v) is 11.1. The molecule has 0 saturated heterocycles. The maximum Gasteiger partial charge on any atom is 0.251 e. The standard InChI is InChI=1S/C31H40N2O3/c1-6-7-8-28(35)32-19-20-33-29(36)23-12-9-22(10-13-23)11-16-27(34)24-14-15-25-26(21-24)31(4,5)18-17-30(25,2)3/h9-16,21H,6-8,17-20H2,1-5H3,(H,32,35)(H,33,36)/b16-11+. The molecule has 0 heterocycles. The number of allylic oxidation sites excluding steroid dienone is 1. The molecule has 0 saturated carbocycles. The zero-order valence-corrected chi connectivity index (χ0v) is 22.4. The van der Waals surface area contributed by atoms with Crippen LogP contribution < -0.4 is 10.6 Å². The zero-order chi connectivity index (χ0) is 26.3. The van der Waals surface area contributed by atoms with Crippen LogP contribution in [0.3, 0.4) is 0 Å². The minimum Gasteiger partial charge on any atom is -0.354 e. The van der Waals surface area contributed by atoms with E-state index in [1.54, 1.807) is 24.3 Å². The average molecular weight is 489 g/mol. The van der Waals surface area contributed by atoms with E-state index in [1.165, 1.54) is 11.1 Å². The molecule has 0 aromatic heterocycles. The molecule has 2 aromatic rings. The van der Waals surface area contributed by atoms with E-state index in [0.29, 0.717) is 30.6 Å². The van der Waals surface area contributed by atoms with Crippen LogP contribution in [0.4, 0.5) is 0 Å². The Morgan fingerprint density at radius 3 is 2.11 bits per heavy atom. The number of rotatable bonds is 10. The van der Waals surface area contributed by atoms with Crippen LogP contribution in [0, 0.1) is 0 Å². The number of ketones is 1. The fraction of sp³-hybridized carbons (Fsp3) is 0.452. The molecule has 1 aliphatic carbocycles. The summed E-state index contributed by atoms with van der Waals surface area (Å²) >= 11 is 0. The smallest absolute Gasteiger partial charge is 0.251 e. The van der Waals surface area contributed by atoms with Crippen LogP contribution in [-0.4, -0.2) is 30.7 Å². The zero-order valence-electron chi connectivity index (χ0n) is 22.4. The lowest BCUT2D eigenvalue weighted by molar-refractivity contribution is -0.121. The number of hydrogen-bond donors (Lipinski definition) is 2. The van der Waals surface area contributed by atoms with E-state index in [4.69, 9.17) is 0 Å². The van der Waals surface area contributed by atoms with Crippen LogP contribution in [0.2, 0.25) is 0 Å². The van der Waals surface area contributed by atoms with Crippen molar-refractivity contribution in [3.63, 3.8) is 0 Å². The molecule has 0 bridgehead atoms. The molecule has 36 heavy (non-hydrogen) atoms. The summed E-state index contributed by atoms with van der Waals surface area (Å²) in [7, 11) is 0. The van der Waals surface area contributed by atoms with Gasteiger partial charge in [-0.05, 0) is 71.1 Å². The highest BCUT2D eigenvalue weighted by Gasteiger charge is 2.37. The van der Waals surface area contributed by atoms with Crippen molar-refractivity contribution in [2.45, 2.75) is 77.6 Å². The molecule has 3 rings (SSSR count). The quantitative estimate of drug-likeness (QED) is 0.246. The van der Waals surface area contributed by atoms with Gasteiger partial charge in [0.05, 0.1) is 0 Å². The number of carbonyl (C=O) groups is 3. The lowest BCUT2D eigenvalue weighted by Crippen LogP contribution is -2.34. The number of carbonyl (C=O) groups excluding carboxylic acids is 3. The van der Waals surface area contributed by atoms with E-state index in [-0.39, 0.29) is 28.4 Å². The SMILES string of the molecule is CCCCC(=O)NCCNC(=O)c1ccc(/C=C/C(=O)c2ccc3c(c2)C(C)(C)CCC3(C)C)cc1. The minimum absolute atomic E-state index is 0.0136. The molecule has 192 valence electrons. The van der Waals surface area contributed by atoms with Gasteiger partial charge in [-0.2, -0.15) is 0 Å². The first-order valence-electron chi connectivity index (χ1n) is 13.1. The molecule has 2 aromatic carbocycles. The predicted molar refractivity (Wildman–Crippen MR) is 146 cm³/mol. The Bertz CT molecular complexity index is 1130. The minimum atomic E-state index is -0.191. The maximum atomic E-state index is 12.9. The van der Waals surface area contributed by atoms with Gasteiger partial charge < -0.3 is 10.6 Å². The summed E-state index contributed by atoms with van der Waals surface area (Å²) < 4.78 is 0. The molecule has 0 atom stereocenters. The topological polar surface area (TPSA) is 75.3 Å². The third kappa shape index (κ3) is 6.93. The van der Waals surface area contributed by atoms with E-state index in [9.17, 15) is 14.4 Å². The predicted octanol–water partition coefficient (Wildman–Crippen LogP) is 5.97. The van der Waals surface area contributed by atoms with Gasteiger partial charge in [0.2, 0.25) is 5.91 Å². The van der Waals surface area contributed by atoms with Crippen LogP contribution in [-0.2, 0) is 15.6 Å². The van der Waals surface area contributed by atoms with Gasteiger partial charge in [-0.15, -0.1) is 0 Å². The summed E-state index contributed by atoms with van der Waals surface area (Å²) in [5.41, 5.74) is 4.88. The van der Waals surface area contributed by atoms with Crippen molar-refractivity contribution < 1.29 is 14.4 Å². The van der Waals surface area contributed by atoms with Crippen molar-refractivity contribution in [1.82, 2.24) is 10.6 Å². The maximum absolute atomic E-state index is 12.9. The number of hydrogen-bond acceptors (Lipinski definition) is 3. The molecule has 5 nitrogen and oxygen atoms in total. The van der Waals surface area contributed by atoms with Crippen molar-refractivity contribution >= 4 is 23.7 Å². The average Bonchev–Trinajstić information content (AvgIpc) is 2.86. The number of nitrogens with one attached hydrogen (secondary N) is 2. The summed E-state index contributed by atoms with van der Waals surface area (Å²) in [6, 6.07) is 13.3. The van der Waals surface area contributed by atoms with Gasteiger partial charge >= 0.3 is 0 Å². The Morgan fingerprint density at radius 1 is 0.833 bits per heavy atom. The van der Waals surface area contributed by atoms with Crippen molar-refractivity contribution in [3.8, 4) is 0 Å². The summed E-state index contributed by atoms with van der Waals surface area (Å²) in [4.78, 5) is 36.9. The van der Waals surface area contributed by atoms with Crippen LogP contribution in [0.1, 0.15) is 104 Å². The van der Waals surface area contributed by atoms with E-state index in [0.717, 1.165) is 31.2 Å². The van der Waals surface area contributed by atoms with Gasteiger partial charge in [0, 0.05) is 30.6 Å². The molecule has 5 heteroatoms. The first-order chi connectivity index (χ1) is 17.0. The Hall–Kier alpha value is -3.21. The third-order valence-electron chi connectivity index (χ3n) is 7.23. The molecular formula is C31H40N2O3. The van der Waals surface area contributed by atoms with Crippen molar-refractivity contribution in [2.24, 2.45) is 0 Å². The largest absolute Gasteiger partial charge is 0.354 e. The molecule has 0 fully saturated rings. The number of unbranched alkanes of at least 4 members (excludes halogenated alkanes) is 1. The number of benzene rings is 2. The van der Waals surface area contributed by atoms with E-state index in [1.807, 2.05) is 25.1 Å². The summed E-state index contributed by atoms with van der Waals surface area (Å²) in [6.07, 6.45) is 7.99. The van der Waals surface area contributed by atoms with E-state index >= 15 is 0 Å². The molecule has 0 spiro atoms. The highest BCUT2D eigenvalue weighted by molar-refractivity contribution is 6.07. The molecule has 2 N–H and O–H groups in total. The summed E-state index contributed by atoms with van der Waals surface area (Å²) in [5.74, 6) is -0.205. The van der Waals surface area contributed by atoms with Crippen LogP contribution in [0.5, 0.6) is 0 Å². The molecule has 0 radical (unpaired) electrons. The lowest BCUT2D eigenvalue weighted by Gasteiger charge is -2.42. The van der Waals surface area contributed by atoms with Crippen LogP contribution in [0.15, 0.2) is 48.5 Å². The van der Waals surface area contributed by atoms with Gasteiger partial charge in [0.15, 0.2) is 5.78 Å².